The maximum atomic E-state index is 13.1. The highest BCUT2D eigenvalue weighted by Crippen LogP contribution is 2.29. The molecule has 27 heavy (non-hydrogen) atoms. The van der Waals surface area contributed by atoms with Gasteiger partial charge in [-0.2, -0.15) is 0 Å². The monoisotopic (exact) mass is 370 g/mol. The Morgan fingerprint density at radius 2 is 1.96 bits per heavy atom. The lowest BCUT2D eigenvalue weighted by atomic mass is 9.95. The highest BCUT2D eigenvalue weighted by molar-refractivity contribution is 5.76. The van der Waals surface area contributed by atoms with Crippen molar-refractivity contribution in [3.63, 3.8) is 0 Å². The second-order valence-electron chi connectivity index (χ2n) is 7.49. The highest BCUT2D eigenvalue weighted by Gasteiger charge is 2.37. The summed E-state index contributed by atoms with van der Waals surface area (Å²) in [6.07, 6.45) is 5.13. The first kappa shape index (κ1) is 17.9. The topological polar surface area (TPSA) is 58.4 Å². The van der Waals surface area contributed by atoms with Gasteiger partial charge in [-0.3, -0.25) is 14.3 Å². The zero-order valence-corrected chi connectivity index (χ0v) is 15.1. The van der Waals surface area contributed by atoms with Gasteiger partial charge in [0.05, 0.1) is 0 Å². The average molecular weight is 370 g/mol. The van der Waals surface area contributed by atoms with E-state index < -0.39 is 5.69 Å². The zero-order valence-electron chi connectivity index (χ0n) is 15.1. The van der Waals surface area contributed by atoms with E-state index in [-0.39, 0.29) is 24.3 Å². The Balaban J connectivity index is 1.44. The minimum absolute atomic E-state index is 0.0246. The van der Waals surface area contributed by atoms with Crippen molar-refractivity contribution in [3.05, 3.63) is 64.6 Å². The second kappa shape index (κ2) is 7.60. The van der Waals surface area contributed by atoms with Crippen LogP contribution in [-0.2, 0) is 17.9 Å². The van der Waals surface area contributed by atoms with E-state index in [4.69, 9.17) is 0 Å². The number of rotatable bonds is 4. The van der Waals surface area contributed by atoms with E-state index >= 15 is 0 Å². The maximum Gasteiger partial charge on any atom is 0.347 e. The molecule has 1 aromatic carbocycles. The van der Waals surface area contributed by atoms with Gasteiger partial charge in [-0.05, 0) is 42.5 Å². The van der Waals surface area contributed by atoms with Crippen LogP contribution in [0.2, 0.25) is 0 Å². The maximum absolute atomic E-state index is 13.1. The van der Waals surface area contributed by atoms with Crippen LogP contribution in [0.15, 0.2) is 47.5 Å². The summed E-state index contributed by atoms with van der Waals surface area (Å²) in [6.45, 7) is 3.27. The van der Waals surface area contributed by atoms with E-state index in [9.17, 15) is 14.0 Å². The van der Waals surface area contributed by atoms with E-state index in [0.717, 1.165) is 44.6 Å². The molecule has 5 rings (SSSR count). The lowest BCUT2D eigenvalue weighted by molar-refractivity contribution is -0.136. The van der Waals surface area contributed by atoms with Gasteiger partial charge in [0.1, 0.15) is 12.4 Å². The molecule has 0 saturated carbocycles. The summed E-state index contributed by atoms with van der Waals surface area (Å²) in [5, 5.41) is 0. The molecule has 1 amide bonds. The third-order valence-corrected chi connectivity index (χ3v) is 5.52. The number of hydrogen-bond acceptors (Lipinski definition) is 4. The first-order valence-corrected chi connectivity index (χ1v) is 9.36. The van der Waals surface area contributed by atoms with Crippen LogP contribution in [0.25, 0.3) is 0 Å². The van der Waals surface area contributed by atoms with Crippen molar-refractivity contribution < 1.29 is 9.18 Å². The van der Waals surface area contributed by atoms with Crippen molar-refractivity contribution in [2.24, 2.45) is 5.92 Å². The van der Waals surface area contributed by atoms with Crippen LogP contribution in [0, 0.1) is 11.7 Å². The summed E-state index contributed by atoms with van der Waals surface area (Å²) >= 11 is 0. The van der Waals surface area contributed by atoms with Gasteiger partial charge < -0.3 is 4.90 Å². The van der Waals surface area contributed by atoms with Crippen LogP contribution >= 0.6 is 0 Å². The van der Waals surface area contributed by atoms with Crippen molar-refractivity contribution in [2.45, 2.75) is 32.0 Å². The number of aromatic nitrogens is 2. The molecule has 6 nitrogen and oxygen atoms in total. The van der Waals surface area contributed by atoms with Crippen LogP contribution in [0.5, 0.6) is 0 Å². The van der Waals surface area contributed by atoms with Crippen LogP contribution < -0.4 is 5.69 Å². The standard InChI is InChI=1S/C20H23FN4O2/c21-17-5-2-15(3-6-17)10-23-11-16-4-7-18(13-23)25(12-16)19(26)14-24-9-1-8-22-20(24)27/h1-3,5-6,8-9,16,18H,4,7,10-14H2/t16-,18+/m0/s1. The van der Waals surface area contributed by atoms with Gasteiger partial charge in [-0.15, -0.1) is 0 Å². The molecule has 0 N–H and O–H groups in total. The Kier molecular flexibility index (Phi) is 5.03. The van der Waals surface area contributed by atoms with Gasteiger partial charge in [0.25, 0.3) is 0 Å². The first-order chi connectivity index (χ1) is 13.1. The number of nitrogens with zero attached hydrogens (tertiary/aromatic N) is 4. The predicted octanol–water partition coefficient (Wildman–Crippen LogP) is 1.51. The van der Waals surface area contributed by atoms with Gasteiger partial charge in [-0.1, -0.05) is 12.1 Å². The largest absolute Gasteiger partial charge is 0.347 e. The lowest BCUT2D eigenvalue weighted by Crippen LogP contribution is -2.49. The predicted molar refractivity (Wildman–Crippen MR) is 98.4 cm³/mol. The molecule has 0 spiro atoms. The minimum atomic E-state index is -0.399. The van der Waals surface area contributed by atoms with Gasteiger partial charge in [-0.25, -0.2) is 14.2 Å². The lowest BCUT2D eigenvalue weighted by Gasteiger charge is -2.36. The first-order valence-electron chi connectivity index (χ1n) is 9.36. The molecule has 3 aliphatic rings. The van der Waals surface area contributed by atoms with Gasteiger partial charge in [0, 0.05) is 44.6 Å². The Morgan fingerprint density at radius 3 is 2.74 bits per heavy atom. The number of hydrogen-bond donors (Lipinski definition) is 0. The summed E-state index contributed by atoms with van der Waals surface area (Å²) in [4.78, 5) is 32.6. The number of benzene rings is 1. The smallest absolute Gasteiger partial charge is 0.337 e. The SMILES string of the molecule is O=C(Cn1cccnc1=O)N1C[C@H]2CC[C@@H]1CN(Cc1ccc(F)cc1)C2. The number of piperidine rings is 1. The normalized spacial score (nSPS) is 22.6. The fraction of sp³-hybridized carbons (Fsp3) is 0.450. The molecule has 7 heteroatoms. The van der Waals surface area contributed by atoms with Crippen LogP contribution in [0.4, 0.5) is 4.39 Å². The van der Waals surface area contributed by atoms with Crippen molar-refractivity contribution in [3.8, 4) is 0 Å². The van der Waals surface area contributed by atoms with Crippen LogP contribution in [-0.4, -0.2) is 50.9 Å². The van der Waals surface area contributed by atoms with Crippen LogP contribution in [0.3, 0.4) is 0 Å². The molecule has 0 unspecified atom stereocenters. The minimum Gasteiger partial charge on any atom is -0.337 e. The van der Waals surface area contributed by atoms with E-state index in [2.05, 4.69) is 9.88 Å². The molecule has 3 saturated heterocycles. The third kappa shape index (κ3) is 4.08. The zero-order chi connectivity index (χ0) is 18.8. The van der Waals surface area contributed by atoms with Gasteiger partial charge in [0.15, 0.2) is 0 Å². The third-order valence-electron chi connectivity index (χ3n) is 5.52. The van der Waals surface area contributed by atoms with Crippen molar-refractivity contribution in [1.29, 1.82) is 0 Å². The van der Waals surface area contributed by atoms with Gasteiger partial charge >= 0.3 is 5.69 Å². The molecule has 3 fully saturated rings. The van der Waals surface area contributed by atoms with Crippen molar-refractivity contribution >= 4 is 5.91 Å². The molecular weight excluding hydrogens is 347 g/mol. The fourth-order valence-electron chi connectivity index (χ4n) is 4.21. The summed E-state index contributed by atoms with van der Waals surface area (Å²) in [6, 6.07) is 8.43. The molecule has 1 aromatic heterocycles. The molecule has 3 aliphatic heterocycles. The molecule has 2 atom stereocenters. The number of carbonyl (C=O) groups excluding carboxylic acids is 1. The molecule has 0 radical (unpaired) electrons. The number of carbonyl (C=O) groups is 1. The fourth-order valence-corrected chi connectivity index (χ4v) is 4.21. The summed E-state index contributed by atoms with van der Waals surface area (Å²) < 4.78 is 14.5. The van der Waals surface area contributed by atoms with Gasteiger partial charge in [0.2, 0.25) is 5.91 Å². The van der Waals surface area contributed by atoms with Crippen molar-refractivity contribution in [1.82, 2.24) is 19.4 Å². The van der Waals surface area contributed by atoms with E-state index in [1.54, 1.807) is 12.3 Å². The molecule has 142 valence electrons. The summed E-state index contributed by atoms with van der Waals surface area (Å²) in [7, 11) is 0. The summed E-state index contributed by atoms with van der Waals surface area (Å²) in [5.41, 5.74) is 0.682. The van der Waals surface area contributed by atoms with Crippen molar-refractivity contribution in [2.75, 3.05) is 19.6 Å². The Morgan fingerprint density at radius 1 is 1.15 bits per heavy atom. The number of amides is 1. The highest BCUT2D eigenvalue weighted by atomic mass is 19.1. The molecule has 2 bridgehead atoms. The molecule has 0 aliphatic carbocycles. The summed E-state index contributed by atoms with van der Waals surface area (Å²) in [5.74, 6) is 0.180. The van der Waals surface area contributed by atoms with Crippen LogP contribution in [0.1, 0.15) is 18.4 Å². The number of halogens is 1. The Labute approximate surface area is 157 Å². The Hall–Kier alpha value is -2.54. The van der Waals surface area contributed by atoms with E-state index in [0.29, 0.717) is 5.92 Å². The average Bonchev–Trinajstić information content (AvgIpc) is 2.96. The van der Waals surface area contributed by atoms with E-state index in [1.165, 1.54) is 22.9 Å². The second-order valence-corrected chi connectivity index (χ2v) is 7.49. The number of fused-ring (bicyclic) bond motifs is 4. The van der Waals surface area contributed by atoms with E-state index in [1.807, 2.05) is 17.0 Å². The molecular formula is C20H23FN4O2. The quantitative estimate of drug-likeness (QED) is 0.819. The molecule has 2 aromatic rings. The Bertz CT molecular complexity index is 867. The molecule has 4 heterocycles.